The van der Waals surface area contributed by atoms with Crippen molar-refractivity contribution in [2.45, 2.75) is 55.4 Å². The number of aryl methyl sites for hydroxylation is 1. The van der Waals surface area contributed by atoms with Crippen molar-refractivity contribution in [1.82, 2.24) is 0 Å². The van der Waals surface area contributed by atoms with E-state index < -0.39 is 0 Å². The standard InChI is InChI=1S/C28H22O2.3C2H6/c1-6-10-20-22(9-4)30-24-14-12-18-15-17-11-13-23-27(19(7-2)21(8-3)29-23)25(17)16(5)26(18)28(20)24;3*1-2/h6-15H,2-4H2,1,5H3;3*1-2H3/b10-6-;;;. The molecule has 36 heavy (non-hydrogen) atoms. The van der Waals surface area contributed by atoms with Gasteiger partial charge in [-0.25, -0.2) is 0 Å². The molecule has 0 N–H and O–H groups in total. The summed E-state index contributed by atoms with van der Waals surface area (Å²) in [6.07, 6.45) is 9.50. The first-order valence-electron chi connectivity index (χ1n) is 13.0. The van der Waals surface area contributed by atoms with E-state index in [0.29, 0.717) is 0 Å². The molecule has 0 radical (unpaired) electrons. The van der Waals surface area contributed by atoms with Crippen LogP contribution < -0.4 is 0 Å². The van der Waals surface area contributed by atoms with Crippen molar-refractivity contribution in [3.05, 3.63) is 84.4 Å². The molecular formula is C34H40O2. The second-order valence-corrected chi connectivity index (χ2v) is 7.45. The molecule has 0 bridgehead atoms. The monoisotopic (exact) mass is 480 g/mol. The molecule has 0 fully saturated rings. The van der Waals surface area contributed by atoms with E-state index in [0.717, 1.165) is 44.6 Å². The maximum Gasteiger partial charge on any atom is 0.136 e. The molecule has 5 aromatic rings. The summed E-state index contributed by atoms with van der Waals surface area (Å²) in [5, 5.41) is 6.91. The van der Waals surface area contributed by atoms with Crippen molar-refractivity contribution >= 4 is 67.8 Å². The molecule has 0 amide bonds. The summed E-state index contributed by atoms with van der Waals surface area (Å²) in [4.78, 5) is 0. The largest absolute Gasteiger partial charge is 0.456 e. The maximum absolute atomic E-state index is 6.11. The van der Waals surface area contributed by atoms with Crippen molar-refractivity contribution in [3.63, 3.8) is 0 Å². The molecule has 2 heterocycles. The molecule has 5 rings (SSSR count). The van der Waals surface area contributed by atoms with Gasteiger partial charge in [0, 0.05) is 21.9 Å². The Bertz CT molecular complexity index is 1550. The number of fused-ring (bicyclic) bond motifs is 6. The summed E-state index contributed by atoms with van der Waals surface area (Å²) in [5.74, 6) is 1.54. The SMILES string of the molecule is C=Cc1oc2ccc3cc4ccc5oc(C=C)c(/C=C\C)c5c4c(C)c3c2c1C=C.CC.CC.CC. The molecule has 2 nitrogen and oxygen atoms in total. The lowest BCUT2D eigenvalue weighted by atomic mass is 9.91. The molecule has 188 valence electrons. The normalized spacial score (nSPS) is 10.4. The zero-order valence-corrected chi connectivity index (χ0v) is 23.2. The first-order valence-corrected chi connectivity index (χ1v) is 13.0. The van der Waals surface area contributed by atoms with E-state index in [-0.39, 0.29) is 0 Å². The van der Waals surface area contributed by atoms with Gasteiger partial charge < -0.3 is 8.83 Å². The first kappa shape index (κ1) is 28.5. The predicted molar refractivity (Wildman–Crippen MR) is 165 cm³/mol. The number of rotatable bonds is 4. The molecular weight excluding hydrogens is 440 g/mol. The lowest BCUT2D eigenvalue weighted by Crippen LogP contribution is -1.87. The zero-order chi connectivity index (χ0) is 27.0. The summed E-state index contributed by atoms with van der Waals surface area (Å²) in [6.45, 7) is 28.1. The van der Waals surface area contributed by atoms with Crippen LogP contribution in [0.1, 0.15) is 76.7 Å². The molecule has 0 aliphatic carbocycles. The third-order valence-corrected chi connectivity index (χ3v) is 5.88. The molecule has 0 spiro atoms. The third-order valence-electron chi connectivity index (χ3n) is 5.88. The molecule has 0 atom stereocenters. The highest BCUT2D eigenvalue weighted by atomic mass is 16.3. The molecule has 2 heteroatoms. The van der Waals surface area contributed by atoms with Crippen molar-refractivity contribution in [3.8, 4) is 0 Å². The van der Waals surface area contributed by atoms with E-state index >= 15 is 0 Å². The summed E-state index contributed by atoms with van der Waals surface area (Å²) in [7, 11) is 0. The Balaban J connectivity index is 0.000000710. The molecule has 0 unspecified atom stereocenters. The van der Waals surface area contributed by atoms with Crippen LogP contribution in [0.25, 0.3) is 67.8 Å². The smallest absolute Gasteiger partial charge is 0.136 e. The highest BCUT2D eigenvalue weighted by Gasteiger charge is 2.19. The molecule has 0 aliphatic rings. The fourth-order valence-corrected chi connectivity index (χ4v) is 4.68. The van der Waals surface area contributed by atoms with Crippen molar-refractivity contribution in [1.29, 1.82) is 0 Å². The van der Waals surface area contributed by atoms with Gasteiger partial charge in [-0.15, -0.1) is 0 Å². The minimum absolute atomic E-state index is 0.747. The second kappa shape index (κ2) is 12.8. The highest BCUT2D eigenvalue weighted by Crippen LogP contribution is 2.42. The average Bonchev–Trinajstić information content (AvgIpc) is 3.49. The average molecular weight is 481 g/mol. The maximum atomic E-state index is 6.11. The number of benzene rings is 3. The number of furan rings is 2. The van der Waals surface area contributed by atoms with Crippen molar-refractivity contribution < 1.29 is 8.83 Å². The molecule has 0 saturated heterocycles. The first-order chi connectivity index (χ1) is 17.6. The summed E-state index contributed by atoms with van der Waals surface area (Å²) in [5.41, 5.74) is 4.94. The van der Waals surface area contributed by atoms with Crippen LogP contribution in [-0.4, -0.2) is 0 Å². The van der Waals surface area contributed by atoms with Crippen LogP contribution in [0.3, 0.4) is 0 Å². The Hall–Kier alpha value is -3.78. The van der Waals surface area contributed by atoms with Crippen LogP contribution in [0.5, 0.6) is 0 Å². The Morgan fingerprint density at radius 2 is 1.06 bits per heavy atom. The van der Waals surface area contributed by atoms with Gasteiger partial charge in [-0.1, -0.05) is 91.6 Å². The van der Waals surface area contributed by atoms with Crippen LogP contribution in [0.2, 0.25) is 0 Å². The molecule has 0 saturated carbocycles. The van der Waals surface area contributed by atoms with Crippen LogP contribution in [0.4, 0.5) is 0 Å². The molecule has 3 aromatic carbocycles. The van der Waals surface area contributed by atoms with Crippen LogP contribution in [0.15, 0.2) is 65.0 Å². The second-order valence-electron chi connectivity index (χ2n) is 7.45. The molecule has 2 aromatic heterocycles. The molecule has 0 aliphatic heterocycles. The summed E-state index contributed by atoms with van der Waals surface area (Å²) in [6, 6.07) is 10.6. The topological polar surface area (TPSA) is 26.3 Å². The fraction of sp³-hybridized carbons (Fsp3) is 0.235. The minimum atomic E-state index is 0.747. The van der Waals surface area contributed by atoms with Gasteiger partial charge in [0.1, 0.15) is 22.7 Å². The van der Waals surface area contributed by atoms with E-state index in [1.807, 2.05) is 72.8 Å². The van der Waals surface area contributed by atoms with Crippen LogP contribution >= 0.6 is 0 Å². The van der Waals surface area contributed by atoms with Crippen LogP contribution in [-0.2, 0) is 0 Å². The quantitative estimate of drug-likeness (QED) is 0.239. The zero-order valence-electron chi connectivity index (χ0n) is 23.2. The van der Waals surface area contributed by atoms with E-state index in [1.54, 1.807) is 12.2 Å². The highest BCUT2D eigenvalue weighted by molar-refractivity contribution is 6.22. The Morgan fingerprint density at radius 1 is 0.611 bits per heavy atom. The van der Waals surface area contributed by atoms with Gasteiger partial charge in [0.2, 0.25) is 0 Å². The Labute approximate surface area is 216 Å². The number of hydrogen-bond acceptors (Lipinski definition) is 2. The lowest BCUT2D eigenvalue weighted by Gasteiger charge is -2.11. The van der Waals surface area contributed by atoms with Crippen molar-refractivity contribution in [2.24, 2.45) is 0 Å². The van der Waals surface area contributed by atoms with E-state index in [9.17, 15) is 0 Å². The minimum Gasteiger partial charge on any atom is -0.456 e. The fourth-order valence-electron chi connectivity index (χ4n) is 4.68. The van der Waals surface area contributed by atoms with Gasteiger partial charge in [-0.05, 0) is 71.3 Å². The van der Waals surface area contributed by atoms with E-state index in [2.05, 4.69) is 50.9 Å². The summed E-state index contributed by atoms with van der Waals surface area (Å²) >= 11 is 0. The Morgan fingerprint density at radius 3 is 1.47 bits per heavy atom. The van der Waals surface area contributed by atoms with Crippen LogP contribution in [0, 0.1) is 6.92 Å². The van der Waals surface area contributed by atoms with Gasteiger partial charge in [-0.2, -0.15) is 0 Å². The van der Waals surface area contributed by atoms with Gasteiger partial charge in [0.25, 0.3) is 0 Å². The Kier molecular flexibility index (Phi) is 10.1. The predicted octanol–water partition coefficient (Wildman–Crippen LogP) is 11.8. The third kappa shape index (κ3) is 4.56. The van der Waals surface area contributed by atoms with E-state index in [4.69, 9.17) is 8.83 Å². The van der Waals surface area contributed by atoms with E-state index in [1.165, 1.54) is 27.1 Å². The van der Waals surface area contributed by atoms with Gasteiger partial charge in [0.05, 0.1) is 0 Å². The van der Waals surface area contributed by atoms with Crippen molar-refractivity contribution in [2.75, 3.05) is 0 Å². The number of hydrogen-bond donors (Lipinski definition) is 0. The van der Waals surface area contributed by atoms with Gasteiger partial charge in [-0.3, -0.25) is 0 Å². The number of allylic oxidation sites excluding steroid dienone is 1. The summed E-state index contributed by atoms with van der Waals surface area (Å²) < 4.78 is 12.2. The van der Waals surface area contributed by atoms with Gasteiger partial charge in [0.15, 0.2) is 0 Å². The van der Waals surface area contributed by atoms with Gasteiger partial charge >= 0.3 is 0 Å². The lowest BCUT2D eigenvalue weighted by molar-refractivity contribution is 0.603.